The molecule has 0 bridgehead atoms. The van der Waals surface area contributed by atoms with Crippen molar-refractivity contribution in [3.63, 3.8) is 0 Å². The van der Waals surface area contributed by atoms with Gasteiger partial charge in [0.15, 0.2) is 6.29 Å². The molecule has 3 aromatic carbocycles. The number of ether oxygens (including phenoxy) is 2. The Morgan fingerprint density at radius 3 is 1.47 bits per heavy atom. The topological polar surface area (TPSA) is 35.5 Å². The molecule has 0 unspecified atom stereocenters. The number of carbonyl (C=O) groups is 1. The van der Waals surface area contributed by atoms with Gasteiger partial charge in [0, 0.05) is 5.56 Å². The average molecular weight is 426 g/mol. The molecule has 30 heavy (non-hydrogen) atoms. The number of aldehydes is 1. The number of carbonyl (C=O) groups excluding carboxylic acids is 1. The van der Waals surface area contributed by atoms with Gasteiger partial charge in [-0.1, -0.05) is 36.4 Å². The van der Waals surface area contributed by atoms with Crippen LogP contribution >= 0.6 is 0 Å². The second-order valence-electron chi connectivity index (χ2n) is 6.06. The van der Waals surface area contributed by atoms with E-state index >= 15 is 0 Å². The Morgan fingerprint density at radius 1 is 0.600 bits per heavy atom. The Kier molecular flexibility index (Phi) is 5.73. The summed E-state index contributed by atoms with van der Waals surface area (Å²) in [6, 6.07) is 14.9. The number of hydrogen-bond donors (Lipinski definition) is 0. The van der Waals surface area contributed by atoms with Crippen LogP contribution in [0.3, 0.4) is 0 Å². The van der Waals surface area contributed by atoms with Crippen LogP contribution in [0.1, 0.15) is 10.4 Å². The van der Waals surface area contributed by atoms with Gasteiger partial charge in [-0.15, -0.1) is 26.3 Å². The molecule has 0 aliphatic heterocycles. The molecule has 0 amide bonds. The standard InChI is InChI=1S/C21H12F6O3/c22-20(23,24)29-17-6-1-13(2-7-17)15-5-10-19(16(11-15)12-28)14-3-8-18(9-4-14)30-21(25,26)27/h1-12H. The minimum absolute atomic E-state index is 0.257. The fourth-order valence-electron chi connectivity index (χ4n) is 2.79. The van der Waals surface area contributed by atoms with Crippen molar-refractivity contribution in [2.45, 2.75) is 12.7 Å². The molecule has 0 saturated carbocycles. The van der Waals surface area contributed by atoms with Crippen LogP contribution in [0.5, 0.6) is 11.5 Å². The lowest BCUT2D eigenvalue weighted by atomic mass is 9.95. The highest BCUT2D eigenvalue weighted by molar-refractivity contribution is 5.90. The van der Waals surface area contributed by atoms with Gasteiger partial charge in [-0.05, 0) is 52.6 Å². The highest BCUT2D eigenvalue weighted by atomic mass is 19.4. The third-order valence-corrected chi connectivity index (χ3v) is 4.00. The molecule has 0 aromatic heterocycles. The van der Waals surface area contributed by atoms with Gasteiger partial charge in [-0.25, -0.2) is 0 Å². The van der Waals surface area contributed by atoms with Crippen LogP contribution in [-0.4, -0.2) is 19.0 Å². The molecule has 0 spiro atoms. The molecule has 3 aromatic rings. The first kappa shape index (κ1) is 21.2. The maximum absolute atomic E-state index is 12.3. The smallest absolute Gasteiger partial charge is 0.406 e. The van der Waals surface area contributed by atoms with E-state index in [1.807, 2.05) is 0 Å². The molecule has 0 heterocycles. The summed E-state index contributed by atoms with van der Waals surface area (Å²) >= 11 is 0. The quantitative estimate of drug-likeness (QED) is 0.339. The third-order valence-electron chi connectivity index (χ3n) is 4.00. The molecular formula is C21H12F6O3. The van der Waals surface area contributed by atoms with Crippen LogP contribution < -0.4 is 9.47 Å². The molecule has 0 atom stereocenters. The molecule has 0 radical (unpaired) electrons. The van der Waals surface area contributed by atoms with E-state index in [-0.39, 0.29) is 11.3 Å². The first-order chi connectivity index (χ1) is 14.0. The molecule has 3 rings (SSSR count). The SMILES string of the molecule is O=Cc1cc(-c2ccc(OC(F)(F)F)cc2)ccc1-c1ccc(OC(F)(F)F)cc1. The van der Waals surface area contributed by atoms with Crippen molar-refractivity contribution in [3.05, 3.63) is 72.3 Å². The van der Waals surface area contributed by atoms with Crippen molar-refractivity contribution in [1.82, 2.24) is 0 Å². The Morgan fingerprint density at radius 2 is 1.03 bits per heavy atom. The molecule has 9 heteroatoms. The number of hydrogen-bond acceptors (Lipinski definition) is 3. The van der Waals surface area contributed by atoms with Gasteiger partial charge >= 0.3 is 12.7 Å². The minimum atomic E-state index is -4.81. The van der Waals surface area contributed by atoms with E-state index in [4.69, 9.17) is 0 Å². The lowest BCUT2D eigenvalue weighted by Gasteiger charge is -2.12. The summed E-state index contributed by atoms with van der Waals surface area (Å²) in [6.45, 7) is 0. The Hall–Kier alpha value is -3.49. The van der Waals surface area contributed by atoms with Crippen LogP contribution in [0.15, 0.2) is 66.7 Å². The zero-order valence-corrected chi connectivity index (χ0v) is 14.9. The van der Waals surface area contributed by atoms with E-state index in [9.17, 15) is 31.1 Å². The molecule has 156 valence electrons. The lowest BCUT2D eigenvalue weighted by molar-refractivity contribution is -0.275. The van der Waals surface area contributed by atoms with Gasteiger partial charge in [0.1, 0.15) is 11.5 Å². The molecular weight excluding hydrogens is 414 g/mol. The summed E-state index contributed by atoms with van der Waals surface area (Å²) in [7, 11) is 0. The van der Waals surface area contributed by atoms with Gasteiger partial charge in [-0.3, -0.25) is 4.79 Å². The van der Waals surface area contributed by atoms with E-state index in [0.29, 0.717) is 28.5 Å². The summed E-state index contributed by atoms with van der Waals surface area (Å²) in [4.78, 5) is 11.5. The molecule has 0 aliphatic carbocycles. The van der Waals surface area contributed by atoms with Gasteiger partial charge in [-0.2, -0.15) is 0 Å². The Balaban J connectivity index is 1.85. The van der Waals surface area contributed by atoms with Gasteiger partial charge in [0.2, 0.25) is 0 Å². The minimum Gasteiger partial charge on any atom is -0.406 e. The summed E-state index contributed by atoms with van der Waals surface area (Å²) in [5.74, 6) is -0.767. The van der Waals surface area contributed by atoms with E-state index in [2.05, 4.69) is 9.47 Å². The largest absolute Gasteiger partial charge is 0.573 e. The molecule has 0 saturated heterocycles. The van der Waals surface area contributed by atoms with Gasteiger partial charge < -0.3 is 9.47 Å². The van der Waals surface area contributed by atoms with Gasteiger partial charge in [0.25, 0.3) is 0 Å². The summed E-state index contributed by atoms with van der Waals surface area (Å²) in [5, 5.41) is 0. The van der Waals surface area contributed by atoms with Crippen LogP contribution in [0.2, 0.25) is 0 Å². The molecule has 0 aliphatic rings. The van der Waals surface area contributed by atoms with E-state index in [0.717, 1.165) is 24.3 Å². The van der Waals surface area contributed by atoms with Crippen LogP contribution in [0, 0.1) is 0 Å². The fourth-order valence-corrected chi connectivity index (χ4v) is 2.79. The third kappa shape index (κ3) is 5.53. The Bertz CT molecular complexity index is 1020. The second-order valence-corrected chi connectivity index (χ2v) is 6.06. The van der Waals surface area contributed by atoms with E-state index < -0.39 is 18.5 Å². The van der Waals surface area contributed by atoms with Crippen LogP contribution in [-0.2, 0) is 0 Å². The number of benzene rings is 3. The molecule has 0 fully saturated rings. The molecule has 3 nitrogen and oxygen atoms in total. The zero-order chi connectivity index (χ0) is 21.9. The maximum atomic E-state index is 12.3. The van der Waals surface area contributed by atoms with Crippen molar-refractivity contribution < 1.29 is 40.6 Å². The monoisotopic (exact) mass is 426 g/mol. The Labute approximate surface area is 166 Å². The van der Waals surface area contributed by atoms with E-state index in [1.54, 1.807) is 12.1 Å². The normalized spacial score (nSPS) is 11.8. The average Bonchev–Trinajstić information content (AvgIpc) is 2.66. The highest BCUT2D eigenvalue weighted by Gasteiger charge is 2.31. The van der Waals surface area contributed by atoms with Crippen LogP contribution in [0.4, 0.5) is 26.3 Å². The first-order valence-electron chi connectivity index (χ1n) is 8.36. The zero-order valence-electron chi connectivity index (χ0n) is 14.9. The maximum Gasteiger partial charge on any atom is 0.573 e. The van der Waals surface area contributed by atoms with Crippen molar-refractivity contribution in [2.24, 2.45) is 0 Å². The van der Waals surface area contributed by atoms with Crippen molar-refractivity contribution in [3.8, 4) is 33.8 Å². The predicted molar refractivity (Wildman–Crippen MR) is 96.1 cm³/mol. The number of halogens is 6. The first-order valence-corrected chi connectivity index (χ1v) is 8.36. The highest BCUT2D eigenvalue weighted by Crippen LogP contribution is 2.32. The number of rotatable bonds is 5. The molecule has 0 N–H and O–H groups in total. The summed E-state index contributed by atoms with van der Waals surface area (Å²) in [5.41, 5.74) is 2.34. The fraction of sp³-hybridized carbons (Fsp3) is 0.0952. The van der Waals surface area contributed by atoms with Gasteiger partial charge in [0.05, 0.1) is 0 Å². The van der Waals surface area contributed by atoms with Crippen molar-refractivity contribution in [1.29, 1.82) is 0 Å². The number of alkyl halides is 6. The van der Waals surface area contributed by atoms with E-state index in [1.165, 1.54) is 30.3 Å². The lowest BCUT2D eigenvalue weighted by Crippen LogP contribution is -2.17. The van der Waals surface area contributed by atoms with Crippen LogP contribution in [0.25, 0.3) is 22.3 Å². The van der Waals surface area contributed by atoms with Crippen molar-refractivity contribution >= 4 is 6.29 Å². The summed E-state index contributed by atoms with van der Waals surface area (Å²) < 4.78 is 81.2. The summed E-state index contributed by atoms with van der Waals surface area (Å²) in [6.07, 6.45) is -9.02. The predicted octanol–water partition coefficient (Wildman–Crippen LogP) is 6.63. The second kappa shape index (κ2) is 8.10. The van der Waals surface area contributed by atoms with Crippen molar-refractivity contribution in [2.75, 3.05) is 0 Å².